The van der Waals surface area contributed by atoms with Crippen molar-refractivity contribution in [2.75, 3.05) is 20.1 Å². The van der Waals surface area contributed by atoms with E-state index in [1.165, 1.54) is 43.5 Å². The zero-order valence-electron chi connectivity index (χ0n) is 14.2. The van der Waals surface area contributed by atoms with Gasteiger partial charge < -0.3 is 5.32 Å². The molecule has 2 heteroatoms. The highest BCUT2D eigenvalue weighted by Gasteiger charge is 2.29. The predicted octanol–water partition coefficient (Wildman–Crippen LogP) is 4.02. The minimum Gasteiger partial charge on any atom is -0.312 e. The van der Waals surface area contributed by atoms with Crippen molar-refractivity contribution in [3.8, 4) is 0 Å². The molecule has 0 aromatic heterocycles. The van der Waals surface area contributed by atoms with Crippen LogP contribution in [0, 0.1) is 5.92 Å². The van der Waals surface area contributed by atoms with Crippen LogP contribution in [0.3, 0.4) is 0 Å². The third-order valence-corrected chi connectivity index (χ3v) is 4.82. The number of hydrogen-bond acceptors (Lipinski definition) is 2. The molecule has 0 bridgehead atoms. The van der Waals surface area contributed by atoms with Crippen molar-refractivity contribution >= 4 is 0 Å². The Hall–Kier alpha value is -0.860. The average Bonchev–Trinajstić information content (AvgIpc) is 3.32. The molecule has 0 spiro atoms. The van der Waals surface area contributed by atoms with Crippen LogP contribution in [0.2, 0.25) is 0 Å². The fourth-order valence-electron chi connectivity index (χ4n) is 3.24. The van der Waals surface area contributed by atoms with Gasteiger partial charge in [-0.1, -0.05) is 38.1 Å². The van der Waals surface area contributed by atoms with Crippen molar-refractivity contribution in [1.82, 2.24) is 10.2 Å². The Kier molecular flexibility index (Phi) is 6.25. The normalized spacial score (nSPS) is 18.0. The zero-order chi connectivity index (χ0) is 15.2. The molecule has 1 aliphatic carbocycles. The molecule has 21 heavy (non-hydrogen) atoms. The SMILES string of the molecule is CCCN(CC1CC1)C(C)C(NC)c1ccc(CC)cc1. The van der Waals surface area contributed by atoms with Crippen LogP contribution in [0.1, 0.15) is 57.2 Å². The zero-order valence-corrected chi connectivity index (χ0v) is 14.2. The van der Waals surface area contributed by atoms with Crippen molar-refractivity contribution in [1.29, 1.82) is 0 Å². The topological polar surface area (TPSA) is 15.3 Å². The molecule has 1 aliphatic rings. The van der Waals surface area contributed by atoms with Crippen LogP contribution in [0.5, 0.6) is 0 Å². The molecule has 1 aromatic rings. The summed E-state index contributed by atoms with van der Waals surface area (Å²) in [5.41, 5.74) is 2.84. The molecule has 1 aromatic carbocycles. The molecule has 2 nitrogen and oxygen atoms in total. The molecule has 0 aliphatic heterocycles. The highest BCUT2D eigenvalue weighted by Crippen LogP contribution is 2.32. The summed E-state index contributed by atoms with van der Waals surface area (Å²) in [5.74, 6) is 0.957. The smallest absolute Gasteiger partial charge is 0.0473 e. The molecule has 118 valence electrons. The minimum atomic E-state index is 0.418. The molecule has 0 heterocycles. The number of nitrogens with zero attached hydrogens (tertiary/aromatic N) is 1. The fourth-order valence-corrected chi connectivity index (χ4v) is 3.24. The van der Waals surface area contributed by atoms with Crippen molar-refractivity contribution in [2.45, 2.75) is 58.5 Å². The van der Waals surface area contributed by atoms with Gasteiger partial charge in [-0.15, -0.1) is 0 Å². The lowest BCUT2D eigenvalue weighted by atomic mass is 9.97. The summed E-state index contributed by atoms with van der Waals surface area (Å²) in [6.07, 6.45) is 5.22. The monoisotopic (exact) mass is 288 g/mol. The maximum Gasteiger partial charge on any atom is 0.0473 e. The third-order valence-electron chi connectivity index (χ3n) is 4.82. The molecule has 1 saturated carbocycles. The summed E-state index contributed by atoms with van der Waals surface area (Å²) in [6.45, 7) is 9.37. The average molecular weight is 288 g/mol. The van der Waals surface area contributed by atoms with Gasteiger partial charge in [-0.2, -0.15) is 0 Å². The van der Waals surface area contributed by atoms with Crippen LogP contribution in [0.4, 0.5) is 0 Å². The fraction of sp³-hybridized carbons (Fsp3) is 0.684. The van der Waals surface area contributed by atoms with Gasteiger partial charge in [0, 0.05) is 18.6 Å². The number of aryl methyl sites for hydroxylation is 1. The minimum absolute atomic E-state index is 0.418. The predicted molar refractivity (Wildman–Crippen MR) is 91.7 cm³/mol. The van der Waals surface area contributed by atoms with E-state index >= 15 is 0 Å². The summed E-state index contributed by atoms with van der Waals surface area (Å²) in [5, 5.41) is 3.55. The standard InChI is InChI=1S/C19H32N2/c1-5-13-21(14-17-7-8-17)15(3)19(20-4)18-11-9-16(6-2)10-12-18/h9-12,15,17,19-20H,5-8,13-14H2,1-4H3. The van der Waals surface area contributed by atoms with Crippen LogP contribution in [0.15, 0.2) is 24.3 Å². The Morgan fingerprint density at radius 2 is 1.86 bits per heavy atom. The van der Waals surface area contributed by atoms with Crippen molar-refractivity contribution < 1.29 is 0 Å². The van der Waals surface area contributed by atoms with Crippen molar-refractivity contribution in [3.05, 3.63) is 35.4 Å². The number of nitrogens with one attached hydrogen (secondary N) is 1. The van der Waals surface area contributed by atoms with E-state index in [0.29, 0.717) is 12.1 Å². The number of likely N-dealkylation sites (N-methyl/N-ethyl adjacent to an activating group) is 1. The molecule has 2 atom stereocenters. The molecule has 0 amide bonds. The lowest BCUT2D eigenvalue weighted by molar-refractivity contribution is 0.165. The molecular formula is C19H32N2. The van der Waals surface area contributed by atoms with Crippen LogP contribution in [-0.4, -0.2) is 31.1 Å². The van der Waals surface area contributed by atoms with E-state index in [4.69, 9.17) is 0 Å². The lowest BCUT2D eigenvalue weighted by Crippen LogP contribution is -2.43. The first-order valence-electron chi connectivity index (χ1n) is 8.69. The summed E-state index contributed by atoms with van der Waals surface area (Å²) < 4.78 is 0. The van der Waals surface area contributed by atoms with Gasteiger partial charge >= 0.3 is 0 Å². The maximum atomic E-state index is 3.55. The summed E-state index contributed by atoms with van der Waals surface area (Å²) >= 11 is 0. The molecule has 1 fully saturated rings. The second-order valence-corrected chi connectivity index (χ2v) is 6.54. The van der Waals surface area contributed by atoms with Gasteiger partial charge in [0.15, 0.2) is 0 Å². The van der Waals surface area contributed by atoms with E-state index in [0.717, 1.165) is 12.3 Å². The maximum absolute atomic E-state index is 3.55. The first-order chi connectivity index (χ1) is 10.2. The quantitative estimate of drug-likeness (QED) is 0.738. The summed E-state index contributed by atoms with van der Waals surface area (Å²) in [4.78, 5) is 2.69. The van der Waals surface area contributed by atoms with E-state index in [1.807, 2.05) is 0 Å². The highest BCUT2D eigenvalue weighted by atomic mass is 15.2. The number of rotatable bonds is 9. The van der Waals surface area contributed by atoms with Gasteiger partial charge in [-0.25, -0.2) is 0 Å². The van der Waals surface area contributed by atoms with Gasteiger partial charge in [-0.3, -0.25) is 4.90 Å². The second-order valence-electron chi connectivity index (χ2n) is 6.54. The Balaban J connectivity index is 2.08. The molecular weight excluding hydrogens is 256 g/mol. The van der Waals surface area contributed by atoms with Gasteiger partial charge in [-0.05, 0) is 63.2 Å². The van der Waals surface area contributed by atoms with E-state index in [-0.39, 0.29) is 0 Å². The Morgan fingerprint density at radius 3 is 2.33 bits per heavy atom. The van der Waals surface area contributed by atoms with E-state index in [2.05, 4.69) is 62.3 Å². The molecule has 2 rings (SSSR count). The Labute approximate surface area is 130 Å². The largest absolute Gasteiger partial charge is 0.312 e. The molecule has 0 radical (unpaired) electrons. The van der Waals surface area contributed by atoms with Gasteiger partial charge in [0.1, 0.15) is 0 Å². The molecule has 0 saturated heterocycles. The Morgan fingerprint density at radius 1 is 1.19 bits per heavy atom. The van der Waals surface area contributed by atoms with Crippen LogP contribution >= 0.6 is 0 Å². The van der Waals surface area contributed by atoms with E-state index in [1.54, 1.807) is 0 Å². The first-order valence-corrected chi connectivity index (χ1v) is 8.69. The van der Waals surface area contributed by atoms with Crippen LogP contribution < -0.4 is 5.32 Å². The van der Waals surface area contributed by atoms with Crippen molar-refractivity contribution in [2.24, 2.45) is 5.92 Å². The number of hydrogen-bond donors (Lipinski definition) is 1. The first kappa shape index (κ1) is 16.5. The van der Waals surface area contributed by atoms with Gasteiger partial charge in [0.2, 0.25) is 0 Å². The van der Waals surface area contributed by atoms with E-state index < -0.39 is 0 Å². The summed E-state index contributed by atoms with van der Waals surface area (Å²) in [6, 6.07) is 10.1. The summed E-state index contributed by atoms with van der Waals surface area (Å²) in [7, 11) is 2.09. The Bertz CT molecular complexity index is 408. The van der Waals surface area contributed by atoms with Gasteiger partial charge in [0.05, 0.1) is 0 Å². The molecule has 1 N–H and O–H groups in total. The van der Waals surface area contributed by atoms with Crippen molar-refractivity contribution in [3.63, 3.8) is 0 Å². The number of benzene rings is 1. The highest BCUT2D eigenvalue weighted by molar-refractivity contribution is 5.26. The van der Waals surface area contributed by atoms with Crippen LogP contribution in [0.25, 0.3) is 0 Å². The third kappa shape index (κ3) is 4.55. The van der Waals surface area contributed by atoms with E-state index in [9.17, 15) is 0 Å². The van der Waals surface area contributed by atoms with Gasteiger partial charge in [0.25, 0.3) is 0 Å². The second kappa shape index (κ2) is 7.95. The molecule has 2 unspecified atom stereocenters. The van der Waals surface area contributed by atoms with Crippen LogP contribution in [-0.2, 0) is 6.42 Å². The lowest BCUT2D eigenvalue weighted by Gasteiger charge is -2.35.